The van der Waals surface area contributed by atoms with Crippen LogP contribution in [0.2, 0.25) is 0 Å². The molecule has 1 atom stereocenters. The minimum atomic E-state index is -1.17. The molecular formula is C12H18N2OS. The van der Waals surface area contributed by atoms with Crippen LogP contribution in [0.15, 0.2) is 22.7 Å². The first-order valence-electron chi connectivity index (χ1n) is 5.22. The second-order valence-electron chi connectivity index (χ2n) is 5.02. The van der Waals surface area contributed by atoms with Gasteiger partial charge in [-0.1, -0.05) is 25.2 Å². The van der Waals surface area contributed by atoms with Crippen molar-refractivity contribution in [2.45, 2.75) is 27.7 Å². The van der Waals surface area contributed by atoms with E-state index in [1.807, 2.05) is 39.8 Å². The van der Waals surface area contributed by atoms with Crippen LogP contribution in [-0.4, -0.2) is 21.5 Å². The zero-order valence-electron chi connectivity index (χ0n) is 10.2. The normalized spacial score (nSPS) is 14.3. The molecule has 1 aromatic heterocycles. The highest BCUT2D eigenvalue weighted by Crippen LogP contribution is 2.16. The van der Waals surface area contributed by atoms with Gasteiger partial charge >= 0.3 is 0 Å². The first kappa shape index (κ1) is 13.2. The third kappa shape index (κ3) is 5.28. The number of hydrogen-bond acceptors (Lipinski definition) is 3. The van der Waals surface area contributed by atoms with E-state index in [1.165, 1.54) is 0 Å². The lowest BCUT2D eigenvalue weighted by Crippen LogP contribution is -2.19. The van der Waals surface area contributed by atoms with Crippen molar-refractivity contribution in [3.63, 3.8) is 0 Å². The van der Waals surface area contributed by atoms with Crippen molar-refractivity contribution in [2.75, 3.05) is 5.75 Å². The number of hydrogen-bond donors (Lipinski definition) is 0. The smallest absolute Gasteiger partial charge is 0.138 e. The molecular weight excluding hydrogens is 220 g/mol. The van der Waals surface area contributed by atoms with Crippen molar-refractivity contribution in [2.24, 2.45) is 9.81 Å². The van der Waals surface area contributed by atoms with E-state index in [0.29, 0.717) is 5.75 Å². The Hall–Kier alpha value is -0.870. The predicted molar refractivity (Wildman–Crippen MR) is 69.0 cm³/mol. The molecule has 0 spiro atoms. The number of nitrogens with zero attached hydrogens (tertiary/aromatic N) is 2. The van der Waals surface area contributed by atoms with Crippen LogP contribution >= 0.6 is 0 Å². The van der Waals surface area contributed by atoms with Crippen LogP contribution in [0.25, 0.3) is 0 Å². The van der Waals surface area contributed by atoms with Gasteiger partial charge in [0, 0.05) is 11.6 Å². The molecule has 3 nitrogen and oxygen atoms in total. The fraction of sp³-hybridized carbons (Fsp3) is 0.500. The molecule has 0 bridgehead atoms. The van der Waals surface area contributed by atoms with E-state index < -0.39 is 11.4 Å². The van der Waals surface area contributed by atoms with E-state index >= 15 is 0 Å². The highest BCUT2D eigenvalue weighted by molar-refractivity contribution is 7.90. The quantitative estimate of drug-likeness (QED) is 0.600. The molecule has 88 valence electrons. The molecule has 0 aliphatic heterocycles. The molecule has 0 aliphatic rings. The summed E-state index contributed by atoms with van der Waals surface area (Å²) in [5, 5.41) is 0. The molecule has 0 aliphatic carbocycles. The molecule has 0 amide bonds. The van der Waals surface area contributed by atoms with E-state index in [9.17, 15) is 4.55 Å². The molecule has 0 saturated carbocycles. The zero-order chi connectivity index (χ0) is 12.2. The molecule has 4 heteroatoms. The zero-order valence-corrected chi connectivity index (χ0v) is 11.0. The van der Waals surface area contributed by atoms with Crippen molar-refractivity contribution >= 4 is 17.6 Å². The van der Waals surface area contributed by atoms with Crippen LogP contribution in [0.5, 0.6) is 0 Å². The van der Waals surface area contributed by atoms with Crippen molar-refractivity contribution in [1.82, 2.24) is 4.98 Å². The van der Waals surface area contributed by atoms with Gasteiger partial charge in [-0.2, -0.15) is 0 Å². The lowest BCUT2D eigenvalue weighted by atomic mass is 10.0. The van der Waals surface area contributed by atoms with E-state index in [4.69, 9.17) is 0 Å². The number of pyridine rings is 1. The van der Waals surface area contributed by atoms with Gasteiger partial charge in [-0.05, 0) is 24.6 Å². The Morgan fingerprint density at radius 3 is 2.75 bits per heavy atom. The lowest BCUT2D eigenvalue weighted by molar-refractivity contribution is 0.462. The maximum absolute atomic E-state index is 11.6. The van der Waals surface area contributed by atoms with Crippen molar-refractivity contribution in [3.05, 3.63) is 29.6 Å². The minimum absolute atomic E-state index is 0.0300. The van der Waals surface area contributed by atoms with Gasteiger partial charge in [-0.15, -0.1) is 0 Å². The van der Waals surface area contributed by atoms with Crippen LogP contribution < -0.4 is 0 Å². The summed E-state index contributed by atoms with van der Waals surface area (Å²) >= 11 is -1.17. The van der Waals surface area contributed by atoms with Crippen LogP contribution in [0.1, 0.15) is 32.0 Å². The second-order valence-corrected chi connectivity index (χ2v) is 6.16. The van der Waals surface area contributed by atoms with Crippen molar-refractivity contribution in [1.29, 1.82) is 0 Å². The Balaban J connectivity index is 2.60. The Kier molecular flexibility index (Phi) is 4.50. The lowest BCUT2D eigenvalue weighted by Gasteiger charge is -2.16. The topological polar surface area (TPSA) is 48.3 Å². The Labute approximate surface area is 100 Å². The standard InChI is InChI=1S/C12H18N2OS/c1-10-5-6-13-11(7-10)8-14-16(15)9-12(2,3)4/h5-8H,9H2,1-4H3/b14-8+. The van der Waals surface area contributed by atoms with Crippen LogP contribution in [0, 0.1) is 12.3 Å². The minimum Gasteiger partial charge on any atom is -0.591 e. The fourth-order valence-electron chi connectivity index (χ4n) is 1.15. The van der Waals surface area contributed by atoms with Gasteiger partial charge in [-0.25, -0.2) is 0 Å². The third-order valence-electron chi connectivity index (χ3n) is 1.80. The molecule has 1 heterocycles. The van der Waals surface area contributed by atoms with E-state index in [1.54, 1.807) is 12.4 Å². The summed E-state index contributed by atoms with van der Waals surface area (Å²) in [7, 11) is 0. The highest BCUT2D eigenvalue weighted by atomic mass is 32.2. The largest absolute Gasteiger partial charge is 0.591 e. The molecule has 16 heavy (non-hydrogen) atoms. The summed E-state index contributed by atoms with van der Waals surface area (Å²) < 4.78 is 15.6. The molecule has 0 fully saturated rings. The Bertz CT molecular complexity index is 372. The fourth-order valence-corrected chi connectivity index (χ4v) is 2.19. The number of aryl methyl sites for hydroxylation is 1. The van der Waals surface area contributed by atoms with Crippen molar-refractivity contribution < 1.29 is 4.55 Å². The molecule has 0 aromatic carbocycles. The van der Waals surface area contributed by atoms with Crippen LogP contribution in [0.3, 0.4) is 0 Å². The third-order valence-corrected chi connectivity index (χ3v) is 3.25. The average Bonchev–Trinajstić information content (AvgIpc) is 2.12. The van der Waals surface area contributed by atoms with Gasteiger partial charge in [0.25, 0.3) is 0 Å². The highest BCUT2D eigenvalue weighted by Gasteiger charge is 2.19. The maximum atomic E-state index is 11.6. The van der Waals surface area contributed by atoms with Gasteiger partial charge in [0.1, 0.15) is 12.0 Å². The Morgan fingerprint density at radius 1 is 1.50 bits per heavy atom. The summed E-state index contributed by atoms with van der Waals surface area (Å²) in [4.78, 5) is 4.12. The number of aromatic nitrogens is 1. The first-order chi connectivity index (χ1) is 7.37. The van der Waals surface area contributed by atoms with E-state index in [-0.39, 0.29) is 5.41 Å². The first-order valence-corrected chi connectivity index (χ1v) is 6.50. The van der Waals surface area contributed by atoms with E-state index in [2.05, 4.69) is 9.38 Å². The molecule has 1 aromatic rings. The van der Waals surface area contributed by atoms with Gasteiger partial charge in [0.15, 0.2) is 0 Å². The van der Waals surface area contributed by atoms with Gasteiger partial charge in [0.2, 0.25) is 0 Å². The van der Waals surface area contributed by atoms with Crippen molar-refractivity contribution in [3.8, 4) is 0 Å². The summed E-state index contributed by atoms with van der Waals surface area (Å²) in [6, 6.07) is 3.83. The van der Waals surface area contributed by atoms with Gasteiger partial charge in [0.05, 0.1) is 17.1 Å². The molecule has 0 saturated heterocycles. The second kappa shape index (κ2) is 5.46. The SMILES string of the molecule is Cc1ccnc(/C=N/[S+]([O-])CC(C)(C)C)c1. The predicted octanol–water partition coefficient (Wildman–Crippen LogP) is 2.52. The summed E-state index contributed by atoms with van der Waals surface area (Å²) in [5.41, 5.74) is 1.91. The molecule has 1 unspecified atom stereocenters. The summed E-state index contributed by atoms with van der Waals surface area (Å²) in [6.45, 7) is 8.13. The summed E-state index contributed by atoms with van der Waals surface area (Å²) in [5.74, 6) is 0.565. The van der Waals surface area contributed by atoms with Gasteiger partial charge < -0.3 is 4.55 Å². The molecule has 1 rings (SSSR count). The van der Waals surface area contributed by atoms with E-state index in [0.717, 1.165) is 11.3 Å². The van der Waals surface area contributed by atoms with Crippen LogP contribution in [0.4, 0.5) is 0 Å². The molecule has 0 radical (unpaired) electrons. The number of rotatable bonds is 3. The van der Waals surface area contributed by atoms with Crippen LogP contribution in [-0.2, 0) is 11.4 Å². The monoisotopic (exact) mass is 238 g/mol. The van der Waals surface area contributed by atoms with Gasteiger partial charge in [-0.3, -0.25) is 4.98 Å². The Morgan fingerprint density at radius 2 is 2.19 bits per heavy atom. The average molecular weight is 238 g/mol. The molecule has 0 N–H and O–H groups in total. The summed E-state index contributed by atoms with van der Waals surface area (Å²) in [6.07, 6.45) is 3.30. The maximum Gasteiger partial charge on any atom is 0.138 e.